The fourth-order valence-electron chi connectivity index (χ4n) is 2.09. The van der Waals surface area contributed by atoms with Crippen LogP contribution >= 0.6 is 24.0 Å². The molecule has 0 bridgehead atoms. The Morgan fingerprint density at radius 1 is 1.17 bits per heavy atom. The van der Waals surface area contributed by atoms with Crippen LogP contribution in [0.2, 0.25) is 0 Å². The first kappa shape index (κ1) is 22.7. The molecule has 24 heavy (non-hydrogen) atoms. The molecule has 1 aromatic heterocycles. The Kier molecular flexibility index (Phi) is 9.31. The summed E-state index contributed by atoms with van der Waals surface area (Å²) in [5, 5.41) is 13.8. The molecule has 0 radical (unpaired) electrons. The highest BCUT2D eigenvalue weighted by molar-refractivity contribution is 14.0. The number of guanidine groups is 1. The van der Waals surface area contributed by atoms with Crippen LogP contribution in [0, 0.1) is 19.3 Å². The third-order valence-corrected chi connectivity index (χ3v) is 3.70. The number of amides is 1. The molecule has 0 saturated heterocycles. The molecule has 0 spiro atoms. The van der Waals surface area contributed by atoms with Crippen LogP contribution in [0.15, 0.2) is 4.99 Å². The number of nitrogens with one attached hydrogen (secondary N) is 3. The van der Waals surface area contributed by atoms with E-state index in [-0.39, 0.29) is 35.3 Å². The Hall–Kier alpha value is -1.32. The van der Waals surface area contributed by atoms with E-state index in [1.165, 1.54) is 5.56 Å². The van der Waals surface area contributed by atoms with E-state index >= 15 is 0 Å². The van der Waals surface area contributed by atoms with Gasteiger partial charge in [-0.15, -0.1) is 24.0 Å². The lowest BCUT2D eigenvalue weighted by molar-refractivity contribution is -0.128. The normalized spacial score (nSPS) is 11.7. The van der Waals surface area contributed by atoms with Crippen molar-refractivity contribution in [3.05, 3.63) is 17.0 Å². The van der Waals surface area contributed by atoms with Gasteiger partial charge in [-0.05, 0) is 13.8 Å². The summed E-state index contributed by atoms with van der Waals surface area (Å²) in [6, 6.07) is 0. The number of aliphatic imine (C=N–C) groups is 1. The van der Waals surface area contributed by atoms with Gasteiger partial charge in [-0.1, -0.05) is 20.8 Å². The van der Waals surface area contributed by atoms with E-state index in [0.29, 0.717) is 25.6 Å². The molecule has 8 heteroatoms. The van der Waals surface area contributed by atoms with Crippen molar-refractivity contribution < 1.29 is 4.79 Å². The molecular formula is C16H31IN6O. The van der Waals surface area contributed by atoms with Crippen LogP contribution in [0.5, 0.6) is 0 Å². The first-order chi connectivity index (χ1) is 10.7. The van der Waals surface area contributed by atoms with Crippen molar-refractivity contribution >= 4 is 35.8 Å². The van der Waals surface area contributed by atoms with Gasteiger partial charge in [0.25, 0.3) is 0 Å². The summed E-state index contributed by atoms with van der Waals surface area (Å²) in [4.78, 5) is 16.0. The van der Waals surface area contributed by atoms with E-state index < -0.39 is 0 Å². The van der Waals surface area contributed by atoms with E-state index in [4.69, 9.17) is 0 Å². The van der Waals surface area contributed by atoms with Gasteiger partial charge < -0.3 is 16.0 Å². The predicted octanol–water partition coefficient (Wildman–Crippen LogP) is 1.48. The van der Waals surface area contributed by atoms with Crippen LogP contribution in [-0.4, -0.2) is 41.8 Å². The zero-order valence-electron chi connectivity index (χ0n) is 15.8. The maximum absolute atomic E-state index is 11.8. The third-order valence-electron chi connectivity index (χ3n) is 3.70. The summed E-state index contributed by atoms with van der Waals surface area (Å²) in [5.41, 5.74) is 2.97. The number of carbonyl (C=O) groups excluding carboxylic acids is 1. The molecule has 1 amide bonds. The van der Waals surface area contributed by atoms with Crippen LogP contribution in [0.1, 0.15) is 37.7 Å². The topological polar surface area (TPSA) is 83.3 Å². The second kappa shape index (κ2) is 9.85. The summed E-state index contributed by atoms with van der Waals surface area (Å²) in [7, 11) is 3.67. The predicted molar refractivity (Wildman–Crippen MR) is 109 cm³/mol. The molecule has 0 fully saturated rings. The Labute approximate surface area is 162 Å². The highest BCUT2D eigenvalue weighted by atomic mass is 127. The lowest BCUT2D eigenvalue weighted by Crippen LogP contribution is -2.43. The number of hydrogen-bond donors (Lipinski definition) is 3. The summed E-state index contributed by atoms with van der Waals surface area (Å²) in [5.74, 6) is 0.751. The van der Waals surface area contributed by atoms with Crippen LogP contribution in [0.25, 0.3) is 0 Å². The average Bonchev–Trinajstić information content (AvgIpc) is 2.70. The van der Waals surface area contributed by atoms with Crippen molar-refractivity contribution in [2.75, 3.05) is 20.1 Å². The standard InChI is InChI=1S/C16H30N6O.HI/c1-11-13(12(2)22(7)21-11)10-20-15(17-6)19-9-8-18-14(23)16(3,4)5;/h8-10H2,1-7H3,(H,18,23)(H2,17,19,20);1H. The molecule has 0 unspecified atom stereocenters. The minimum Gasteiger partial charge on any atom is -0.355 e. The van der Waals surface area contributed by atoms with E-state index in [2.05, 4.69) is 33.0 Å². The van der Waals surface area contributed by atoms with Gasteiger partial charge in [-0.25, -0.2) is 0 Å². The molecule has 0 aliphatic carbocycles. The Balaban J connectivity index is 0.00000529. The minimum atomic E-state index is -0.366. The van der Waals surface area contributed by atoms with Gasteiger partial charge in [0.15, 0.2) is 5.96 Å². The maximum atomic E-state index is 11.8. The number of aryl methyl sites for hydroxylation is 2. The molecule has 0 aliphatic rings. The molecule has 0 aliphatic heterocycles. The highest BCUT2D eigenvalue weighted by Crippen LogP contribution is 2.12. The largest absolute Gasteiger partial charge is 0.355 e. The fraction of sp³-hybridized carbons (Fsp3) is 0.688. The SMILES string of the molecule is CN=C(NCCNC(=O)C(C)(C)C)NCc1c(C)nn(C)c1C.I. The van der Waals surface area contributed by atoms with Crippen LogP contribution < -0.4 is 16.0 Å². The number of nitrogens with zero attached hydrogens (tertiary/aromatic N) is 3. The van der Waals surface area contributed by atoms with Gasteiger partial charge in [-0.2, -0.15) is 5.10 Å². The lowest BCUT2D eigenvalue weighted by atomic mass is 9.96. The molecule has 0 atom stereocenters. The van der Waals surface area contributed by atoms with Crippen LogP contribution in [-0.2, 0) is 18.4 Å². The summed E-state index contributed by atoms with van der Waals surface area (Å²) >= 11 is 0. The van der Waals surface area contributed by atoms with Gasteiger partial charge in [-0.3, -0.25) is 14.5 Å². The van der Waals surface area contributed by atoms with Crippen LogP contribution in [0.4, 0.5) is 0 Å². The quantitative estimate of drug-likeness (QED) is 0.275. The van der Waals surface area contributed by atoms with E-state index in [1.54, 1.807) is 7.05 Å². The monoisotopic (exact) mass is 450 g/mol. The van der Waals surface area contributed by atoms with Gasteiger partial charge in [0.2, 0.25) is 5.91 Å². The third kappa shape index (κ3) is 6.66. The summed E-state index contributed by atoms with van der Waals surface area (Å²) < 4.78 is 1.88. The van der Waals surface area contributed by atoms with Gasteiger partial charge in [0, 0.05) is 50.4 Å². The molecule has 1 heterocycles. The number of carbonyl (C=O) groups is 1. The highest BCUT2D eigenvalue weighted by Gasteiger charge is 2.20. The maximum Gasteiger partial charge on any atom is 0.225 e. The van der Waals surface area contributed by atoms with E-state index in [9.17, 15) is 4.79 Å². The summed E-state index contributed by atoms with van der Waals surface area (Å²) in [6.07, 6.45) is 0. The van der Waals surface area contributed by atoms with Gasteiger partial charge >= 0.3 is 0 Å². The lowest BCUT2D eigenvalue weighted by Gasteiger charge is -2.18. The van der Waals surface area contributed by atoms with E-state index in [1.807, 2.05) is 39.4 Å². The number of halogens is 1. The minimum absolute atomic E-state index is 0. The van der Waals surface area contributed by atoms with Crippen molar-refractivity contribution in [1.82, 2.24) is 25.7 Å². The zero-order chi connectivity index (χ0) is 17.6. The molecule has 3 N–H and O–H groups in total. The van der Waals surface area contributed by atoms with Crippen molar-refractivity contribution in [3.63, 3.8) is 0 Å². The van der Waals surface area contributed by atoms with Crippen LogP contribution in [0.3, 0.4) is 0 Å². The second-order valence-electron chi connectivity index (χ2n) is 6.63. The van der Waals surface area contributed by atoms with Crippen molar-refractivity contribution in [1.29, 1.82) is 0 Å². The molecule has 7 nitrogen and oxygen atoms in total. The van der Waals surface area contributed by atoms with Crippen molar-refractivity contribution in [3.8, 4) is 0 Å². The van der Waals surface area contributed by atoms with Crippen molar-refractivity contribution in [2.24, 2.45) is 17.5 Å². The summed E-state index contributed by atoms with van der Waals surface area (Å²) in [6.45, 7) is 11.6. The first-order valence-corrected chi connectivity index (χ1v) is 7.88. The first-order valence-electron chi connectivity index (χ1n) is 7.88. The molecule has 138 valence electrons. The Morgan fingerprint density at radius 3 is 2.21 bits per heavy atom. The Morgan fingerprint density at radius 2 is 1.75 bits per heavy atom. The molecule has 0 aromatic carbocycles. The van der Waals surface area contributed by atoms with E-state index in [0.717, 1.165) is 11.4 Å². The van der Waals surface area contributed by atoms with Gasteiger partial charge in [0.05, 0.1) is 5.69 Å². The Bertz CT molecular complexity index is 574. The van der Waals surface area contributed by atoms with Gasteiger partial charge in [0.1, 0.15) is 0 Å². The fourth-order valence-corrected chi connectivity index (χ4v) is 2.09. The zero-order valence-corrected chi connectivity index (χ0v) is 18.1. The van der Waals surface area contributed by atoms with Crippen molar-refractivity contribution in [2.45, 2.75) is 41.2 Å². The number of hydrogen-bond acceptors (Lipinski definition) is 3. The average molecular weight is 450 g/mol. The second-order valence-corrected chi connectivity index (χ2v) is 6.63. The molecule has 1 rings (SSSR count). The number of aromatic nitrogens is 2. The molecule has 1 aromatic rings. The smallest absolute Gasteiger partial charge is 0.225 e. The molecular weight excluding hydrogens is 419 g/mol. The number of rotatable bonds is 5. The molecule has 0 saturated carbocycles.